The van der Waals surface area contributed by atoms with E-state index in [0.29, 0.717) is 30.2 Å². The van der Waals surface area contributed by atoms with Gasteiger partial charge >= 0.3 is 0 Å². The van der Waals surface area contributed by atoms with E-state index in [0.717, 1.165) is 21.7 Å². The third-order valence-corrected chi connectivity index (χ3v) is 7.59. The Balaban J connectivity index is 1.87. The molecule has 0 aliphatic rings. The Bertz CT molecular complexity index is 1420. The van der Waals surface area contributed by atoms with Gasteiger partial charge in [-0.1, -0.05) is 49.4 Å². The molecule has 0 saturated carbocycles. The summed E-state index contributed by atoms with van der Waals surface area (Å²) in [4.78, 5) is 28.6. The van der Waals surface area contributed by atoms with Gasteiger partial charge in [-0.25, -0.2) is 8.42 Å². The van der Waals surface area contributed by atoms with Crippen molar-refractivity contribution in [2.45, 2.75) is 58.8 Å². The first-order valence-electron chi connectivity index (χ1n) is 13.8. The Kier molecular flexibility index (Phi) is 11.0. The highest BCUT2D eigenvalue weighted by Gasteiger charge is 2.33. The second kappa shape index (κ2) is 14.2. The molecule has 3 aromatic carbocycles. The van der Waals surface area contributed by atoms with E-state index in [1.807, 2.05) is 70.2 Å². The van der Waals surface area contributed by atoms with E-state index >= 15 is 0 Å². The minimum Gasteiger partial charge on any atom is -0.497 e. The first-order valence-corrected chi connectivity index (χ1v) is 15.6. The van der Waals surface area contributed by atoms with Crippen molar-refractivity contribution >= 4 is 27.5 Å². The maximum absolute atomic E-state index is 13.9. The largest absolute Gasteiger partial charge is 0.497 e. The van der Waals surface area contributed by atoms with Crippen molar-refractivity contribution in [3.8, 4) is 11.5 Å². The highest BCUT2D eigenvalue weighted by Crippen LogP contribution is 2.24. The van der Waals surface area contributed by atoms with Crippen LogP contribution < -0.4 is 19.1 Å². The molecular formula is C32H41N3O6S. The lowest BCUT2D eigenvalue weighted by Crippen LogP contribution is -2.55. The van der Waals surface area contributed by atoms with E-state index in [4.69, 9.17) is 9.47 Å². The van der Waals surface area contributed by atoms with Crippen LogP contribution in [0, 0.1) is 0 Å². The van der Waals surface area contributed by atoms with Crippen molar-refractivity contribution in [3.63, 3.8) is 0 Å². The number of amides is 2. The third kappa shape index (κ3) is 9.51. The van der Waals surface area contributed by atoms with Gasteiger partial charge < -0.3 is 19.7 Å². The van der Waals surface area contributed by atoms with Gasteiger partial charge in [0.2, 0.25) is 21.8 Å². The number of benzene rings is 3. The SMILES string of the molecule is CCC(C(=O)NC(C)(C)C)N(Cc1ccc(OC)cc1)C(=O)CN(c1ccc(OCc2ccccc2)cc1)S(C)(=O)=O. The van der Waals surface area contributed by atoms with Crippen LogP contribution in [-0.2, 0) is 32.8 Å². The number of nitrogens with zero attached hydrogens (tertiary/aromatic N) is 2. The highest BCUT2D eigenvalue weighted by molar-refractivity contribution is 7.92. The van der Waals surface area contributed by atoms with E-state index in [-0.39, 0.29) is 12.5 Å². The molecule has 42 heavy (non-hydrogen) atoms. The standard InChI is InChI=1S/C32H41N3O6S/c1-7-29(31(37)33-32(2,3)4)34(21-24-13-17-27(40-5)18-14-24)30(36)22-35(42(6,38)39)26-15-19-28(20-16-26)41-23-25-11-9-8-10-12-25/h8-20,29H,7,21-23H2,1-6H3,(H,33,37). The summed E-state index contributed by atoms with van der Waals surface area (Å²) in [5, 5.41) is 2.96. The molecular weight excluding hydrogens is 554 g/mol. The molecule has 1 unspecified atom stereocenters. The molecule has 0 radical (unpaired) electrons. The lowest BCUT2D eigenvalue weighted by Gasteiger charge is -2.34. The van der Waals surface area contributed by atoms with Crippen molar-refractivity contribution in [1.29, 1.82) is 0 Å². The smallest absolute Gasteiger partial charge is 0.244 e. The normalized spacial score (nSPS) is 12.2. The van der Waals surface area contributed by atoms with Gasteiger partial charge in [0.05, 0.1) is 19.1 Å². The zero-order valence-corrected chi connectivity index (χ0v) is 26.0. The van der Waals surface area contributed by atoms with Crippen LogP contribution in [0.1, 0.15) is 45.2 Å². The molecule has 0 aliphatic heterocycles. The zero-order chi connectivity index (χ0) is 30.9. The number of carbonyl (C=O) groups is 2. The molecule has 0 saturated heterocycles. The van der Waals surface area contributed by atoms with Crippen molar-refractivity contribution in [3.05, 3.63) is 90.0 Å². The Hall–Kier alpha value is -4.05. The maximum Gasteiger partial charge on any atom is 0.244 e. The van der Waals surface area contributed by atoms with Gasteiger partial charge in [-0.15, -0.1) is 0 Å². The van der Waals surface area contributed by atoms with Crippen LogP contribution in [-0.4, -0.2) is 56.6 Å². The number of hydrogen-bond donors (Lipinski definition) is 1. The second-order valence-electron chi connectivity index (χ2n) is 11.1. The average molecular weight is 596 g/mol. The molecule has 2 amide bonds. The lowest BCUT2D eigenvalue weighted by atomic mass is 10.1. The molecule has 0 bridgehead atoms. The summed E-state index contributed by atoms with van der Waals surface area (Å²) >= 11 is 0. The summed E-state index contributed by atoms with van der Waals surface area (Å²) in [6.07, 6.45) is 1.40. The number of rotatable bonds is 13. The minimum atomic E-state index is -3.85. The Labute approximate surface area is 249 Å². The Morgan fingerprint density at radius 3 is 2.00 bits per heavy atom. The number of sulfonamides is 1. The summed E-state index contributed by atoms with van der Waals surface area (Å²) < 4.78 is 37.9. The Morgan fingerprint density at radius 2 is 1.48 bits per heavy atom. The molecule has 0 heterocycles. The summed E-state index contributed by atoms with van der Waals surface area (Å²) in [5.41, 5.74) is 1.58. The van der Waals surface area contributed by atoms with Crippen LogP contribution in [0.2, 0.25) is 0 Å². The van der Waals surface area contributed by atoms with Crippen LogP contribution in [0.4, 0.5) is 5.69 Å². The predicted octanol–water partition coefficient (Wildman–Crippen LogP) is 4.76. The molecule has 9 nitrogen and oxygen atoms in total. The Morgan fingerprint density at radius 1 is 0.881 bits per heavy atom. The molecule has 10 heteroatoms. The van der Waals surface area contributed by atoms with E-state index in [1.165, 1.54) is 4.90 Å². The number of carbonyl (C=O) groups excluding carboxylic acids is 2. The first-order chi connectivity index (χ1) is 19.8. The molecule has 1 atom stereocenters. The van der Waals surface area contributed by atoms with Gasteiger partial charge in [0.1, 0.15) is 30.7 Å². The van der Waals surface area contributed by atoms with Crippen molar-refractivity contribution in [2.24, 2.45) is 0 Å². The number of ether oxygens (including phenoxy) is 2. The van der Waals surface area contributed by atoms with E-state index < -0.39 is 34.1 Å². The second-order valence-corrected chi connectivity index (χ2v) is 13.0. The zero-order valence-electron chi connectivity index (χ0n) is 25.2. The van der Waals surface area contributed by atoms with Gasteiger partial charge in [-0.2, -0.15) is 0 Å². The van der Waals surface area contributed by atoms with Crippen LogP contribution >= 0.6 is 0 Å². The summed E-state index contributed by atoms with van der Waals surface area (Å²) in [6, 6.07) is 22.6. The third-order valence-electron chi connectivity index (χ3n) is 6.45. The molecule has 0 fully saturated rings. The molecule has 0 aromatic heterocycles. The number of hydrogen-bond acceptors (Lipinski definition) is 6. The van der Waals surface area contributed by atoms with Gasteiger partial charge in [0.25, 0.3) is 0 Å². The van der Waals surface area contributed by atoms with Crippen LogP contribution in [0.5, 0.6) is 11.5 Å². The average Bonchev–Trinajstić information content (AvgIpc) is 2.94. The number of anilines is 1. The summed E-state index contributed by atoms with van der Waals surface area (Å²) in [5.74, 6) is 0.413. The van der Waals surface area contributed by atoms with Crippen molar-refractivity contribution in [2.75, 3.05) is 24.2 Å². The summed E-state index contributed by atoms with van der Waals surface area (Å²) in [6.45, 7) is 7.43. The van der Waals surface area contributed by atoms with Gasteiger partial charge in [0, 0.05) is 12.1 Å². The van der Waals surface area contributed by atoms with Gasteiger partial charge in [-0.05, 0) is 74.7 Å². The fraction of sp³-hybridized carbons (Fsp3) is 0.375. The van der Waals surface area contributed by atoms with Gasteiger partial charge in [-0.3, -0.25) is 13.9 Å². The number of nitrogens with one attached hydrogen (secondary N) is 1. The number of methoxy groups -OCH3 is 1. The molecule has 0 spiro atoms. The molecule has 3 aromatic rings. The molecule has 1 N–H and O–H groups in total. The van der Waals surface area contributed by atoms with E-state index in [9.17, 15) is 18.0 Å². The fourth-order valence-electron chi connectivity index (χ4n) is 4.36. The molecule has 0 aliphatic carbocycles. The van der Waals surface area contributed by atoms with Crippen LogP contribution in [0.25, 0.3) is 0 Å². The van der Waals surface area contributed by atoms with Crippen molar-refractivity contribution in [1.82, 2.24) is 10.2 Å². The fourth-order valence-corrected chi connectivity index (χ4v) is 5.21. The minimum absolute atomic E-state index is 0.114. The lowest BCUT2D eigenvalue weighted by molar-refractivity contribution is -0.141. The monoisotopic (exact) mass is 595 g/mol. The highest BCUT2D eigenvalue weighted by atomic mass is 32.2. The topological polar surface area (TPSA) is 105 Å². The van der Waals surface area contributed by atoms with E-state index in [2.05, 4.69) is 5.32 Å². The first kappa shape index (κ1) is 32.5. The van der Waals surface area contributed by atoms with Crippen LogP contribution in [0.15, 0.2) is 78.9 Å². The molecule has 3 rings (SSSR count). The van der Waals surface area contributed by atoms with Crippen LogP contribution in [0.3, 0.4) is 0 Å². The van der Waals surface area contributed by atoms with Gasteiger partial charge in [0.15, 0.2) is 0 Å². The van der Waals surface area contributed by atoms with Crippen molar-refractivity contribution < 1.29 is 27.5 Å². The van der Waals surface area contributed by atoms with E-state index in [1.54, 1.807) is 43.5 Å². The quantitative estimate of drug-likeness (QED) is 0.306. The summed E-state index contributed by atoms with van der Waals surface area (Å²) in [7, 11) is -2.28. The molecule has 226 valence electrons. The maximum atomic E-state index is 13.9. The predicted molar refractivity (Wildman–Crippen MR) is 165 cm³/mol.